The standard InChI is InChI=1S/C23H23ClN4O2/c24-20-13-7-6-12-18(20)22(29)26-21-19(23(30)27-14-8-1-2-9-15-27)16-25-28(21)17-10-4-3-5-11-17/h3-7,10-13,16H,1-2,8-9,14-15H2,(H,26,29). The molecule has 0 unspecified atom stereocenters. The number of aromatic nitrogens is 2. The summed E-state index contributed by atoms with van der Waals surface area (Å²) in [6.45, 7) is 1.43. The van der Waals surface area contributed by atoms with E-state index in [9.17, 15) is 9.59 Å². The van der Waals surface area contributed by atoms with E-state index in [1.165, 1.54) is 6.20 Å². The predicted molar refractivity (Wildman–Crippen MR) is 117 cm³/mol. The number of hydrogen-bond acceptors (Lipinski definition) is 3. The molecule has 2 heterocycles. The van der Waals surface area contributed by atoms with Crippen molar-refractivity contribution in [3.8, 4) is 5.69 Å². The average molecular weight is 423 g/mol. The fourth-order valence-corrected chi connectivity index (χ4v) is 3.88. The fourth-order valence-electron chi connectivity index (χ4n) is 3.65. The highest BCUT2D eigenvalue weighted by molar-refractivity contribution is 6.34. The van der Waals surface area contributed by atoms with Crippen molar-refractivity contribution in [2.45, 2.75) is 25.7 Å². The van der Waals surface area contributed by atoms with Gasteiger partial charge in [-0.3, -0.25) is 9.59 Å². The Hall–Kier alpha value is -3.12. The molecule has 0 radical (unpaired) electrons. The summed E-state index contributed by atoms with van der Waals surface area (Å²) in [4.78, 5) is 28.1. The second kappa shape index (κ2) is 9.13. The lowest BCUT2D eigenvalue weighted by atomic mass is 10.2. The Bertz CT molecular complexity index is 1040. The van der Waals surface area contributed by atoms with Crippen LogP contribution in [0.25, 0.3) is 5.69 Å². The lowest BCUT2D eigenvalue weighted by molar-refractivity contribution is 0.0762. The van der Waals surface area contributed by atoms with Crippen LogP contribution in [0.1, 0.15) is 46.4 Å². The van der Waals surface area contributed by atoms with Crippen LogP contribution < -0.4 is 5.32 Å². The number of benzene rings is 2. The van der Waals surface area contributed by atoms with Gasteiger partial charge in [0.2, 0.25) is 0 Å². The van der Waals surface area contributed by atoms with Gasteiger partial charge in [0, 0.05) is 13.1 Å². The average Bonchev–Trinajstić information content (AvgIpc) is 2.98. The van der Waals surface area contributed by atoms with E-state index in [1.807, 2.05) is 35.2 Å². The lowest BCUT2D eigenvalue weighted by Gasteiger charge is -2.20. The van der Waals surface area contributed by atoms with Crippen LogP contribution in [0.3, 0.4) is 0 Å². The van der Waals surface area contributed by atoms with E-state index in [2.05, 4.69) is 10.4 Å². The van der Waals surface area contributed by atoms with E-state index in [0.717, 1.165) is 31.4 Å². The Kier molecular flexibility index (Phi) is 6.14. The number of nitrogens with one attached hydrogen (secondary N) is 1. The number of hydrogen-bond donors (Lipinski definition) is 1. The maximum absolute atomic E-state index is 13.3. The van der Waals surface area contributed by atoms with Gasteiger partial charge in [0.25, 0.3) is 11.8 Å². The normalized spacial score (nSPS) is 14.2. The first kappa shape index (κ1) is 20.2. The molecule has 0 aliphatic carbocycles. The zero-order valence-electron chi connectivity index (χ0n) is 16.6. The van der Waals surface area contributed by atoms with Gasteiger partial charge in [0.15, 0.2) is 0 Å². The molecular weight excluding hydrogens is 400 g/mol. The third-order valence-electron chi connectivity index (χ3n) is 5.24. The van der Waals surface area contributed by atoms with Gasteiger partial charge in [0.05, 0.1) is 22.5 Å². The van der Waals surface area contributed by atoms with Gasteiger partial charge < -0.3 is 10.2 Å². The summed E-state index contributed by atoms with van der Waals surface area (Å²) in [5.74, 6) is -0.155. The molecule has 0 spiro atoms. The topological polar surface area (TPSA) is 67.2 Å². The van der Waals surface area contributed by atoms with Crippen molar-refractivity contribution in [3.63, 3.8) is 0 Å². The summed E-state index contributed by atoms with van der Waals surface area (Å²) in [5, 5.41) is 7.64. The zero-order chi connectivity index (χ0) is 20.9. The minimum atomic E-state index is -0.386. The molecule has 1 saturated heterocycles. The molecular formula is C23H23ClN4O2. The van der Waals surface area contributed by atoms with Crippen LogP contribution in [0.4, 0.5) is 5.82 Å². The summed E-state index contributed by atoms with van der Waals surface area (Å²) < 4.78 is 1.58. The second-order valence-electron chi connectivity index (χ2n) is 7.29. The van der Waals surface area contributed by atoms with Crippen molar-refractivity contribution in [1.82, 2.24) is 14.7 Å². The van der Waals surface area contributed by atoms with Gasteiger partial charge in [0.1, 0.15) is 11.4 Å². The zero-order valence-corrected chi connectivity index (χ0v) is 17.3. The number of anilines is 1. The van der Waals surface area contributed by atoms with E-state index in [-0.39, 0.29) is 11.8 Å². The van der Waals surface area contributed by atoms with E-state index in [4.69, 9.17) is 11.6 Å². The molecule has 1 aromatic heterocycles. The fraction of sp³-hybridized carbons (Fsp3) is 0.261. The number of amides is 2. The Labute approximate surface area is 180 Å². The molecule has 6 nitrogen and oxygen atoms in total. The molecule has 1 fully saturated rings. The van der Waals surface area contributed by atoms with Gasteiger partial charge in [-0.25, -0.2) is 4.68 Å². The third-order valence-corrected chi connectivity index (χ3v) is 5.57. The minimum absolute atomic E-state index is 0.117. The van der Waals surface area contributed by atoms with Crippen LogP contribution >= 0.6 is 11.6 Å². The number of likely N-dealkylation sites (tertiary alicyclic amines) is 1. The van der Waals surface area contributed by atoms with Crippen LogP contribution in [-0.2, 0) is 0 Å². The van der Waals surface area contributed by atoms with E-state index < -0.39 is 0 Å². The summed E-state index contributed by atoms with van der Waals surface area (Å²) in [7, 11) is 0. The summed E-state index contributed by atoms with van der Waals surface area (Å²) in [6, 6.07) is 16.2. The molecule has 2 amide bonds. The molecule has 3 aromatic rings. The first-order chi connectivity index (χ1) is 14.6. The summed E-state index contributed by atoms with van der Waals surface area (Å²) in [6.07, 6.45) is 5.76. The highest BCUT2D eigenvalue weighted by Gasteiger charge is 2.26. The molecule has 7 heteroatoms. The molecule has 2 aromatic carbocycles. The SMILES string of the molecule is O=C(Nc1c(C(=O)N2CCCCCC2)cnn1-c1ccccc1)c1ccccc1Cl. The van der Waals surface area contributed by atoms with Crippen molar-refractivity contribution in [2.24, 2.45) is 0 Å². The number of para-hydroxylation sites is 1. The maximum atomic E-state index is 13.3. The van der Waals surface area contributed by atoms with Gasteiger partial charge in [-0.2, -0.15) is 5.10 Å². The number of carbonyl (C=O) groups excluding carboxylic acids is 2. The van der Waals surface area contributed by atoms with Crippen LogP contribution in [-0.4, -0.2) is 39.6 Å². The Balaban J connectivity index is 1.72. The quantitative estimate of drug-likeness (QED) is 0.657. The Morgan fingerprint density at radius 1 is 0.867 bits per heavy atom. The molecule has 30 heavy (non-hydrogen) atoms. The first-order valence-electron chi connectivity index (χ1n) is 10.1. The van der Waals surface area contributed by atoms with E-state index >= 15 is 0 Å². The van der Waals surface area contributed by atoms with Gasteiger partial charge in [-0.15, -0.1) is 0 Å². The van der Waals surface area contributed by atoms with Gasteiger partial charge >= 0.3 is 0 Å². The van der Waals surface area contributed by atoms with Crippen LogP contribution in [0.2, 0.25) is 5.02 Å². The molecule has 1 N–H and O–H groups in total. The largest absolute Gasteiger partial charge is 0.338 e. The van der Waals surface area contributed by atoms with Crippen molar-refractivity contribution in [2.75, 3.05) is 18.4 Å². The highest BCUT2D eigenvalue weighted by Crippen LogP contribution is 2.25. The maximum Gasteiger partial charge on any atom is 0.259 e. The van der Waals surface area contributed by atoms with Crippen molar-refractivity contribution in [1.29, 1.82) is 0 Å². The monoisotopic (exact) mass is 422 g/mol. The molecule has 0 bridgehead atoms. The molecule has 154 valence electrons. The number of halogens is 1. The Morgan fingerprint density at radius 3 is 2.23 bits per heavy atom. The number of nitrogens with zero attached hydrogens (tertiary/aromatic N) is 3. The molecule has 1 aliphatic heterocycles. The summed E-state index contributed by atoms with van der Waals surface area (Å²) in [5.41, 5.74) is 1.47. The van der Waals surface area contributed by atoms with E-state index in [1.54, 1.807) is 28.9 Å². The third kappa shape index (κ3) is 4.24. The van der Waals surface area contributed by atoms with Crippen molar-refractivity contribution < 1.29 is 9.59 Å². The van der Waals surface area contributed by atoms with Gasteiger partial charge in [-0.05, 0) is 37.1 Å². The molecule has 0 atom stereocenters. The van der Waals surface area contributed by atoms with Crippen molar-refractivity contribution in [3.05, 3.63) is 76.9 Å². The minimum Gasteiger partial charge on any atom is -0.338 e. The highest BCUT2D eigenvalue weighted by atomic mass is 35.5. The second-order valence-corrected chi connectivity index (χ2v) is 7.70. The smallest absolute Gasteiger partial charge is 0.259 e. The molecule has 1 aliphatic rings. The first-order valence-corrected chi connectivity index (χ1v) is 10.5. The Morgan fingerprint density at radius 2 is 1.53 bits per heavy atom. The summed E-state index contributed by atoms with van der Waals surface area (Å²) >= 11 is 6.20. The van der Waals surface area contributed by atoms with E-state index in [0.29, 0.717) is 35.1 Å². The number of rotatable bonds is 4. The predicted octanol–water partition coefficient (Wildman–Crippen LogP) is 4.79. The lowest BCUT2D eigenvalue weighted by Crippen LogP contribution is -2.32. The number of carbonyl (C=O) groups is 2. The van der Waals surface area contributed by atoms with Gasteiger partial charge in [-0.1, -0.05) is 54.8 Å². The molecule has 4 rings (SSSR count). The van der Waals surface area contributed by atoms with Crippen molar-refractivity contribution >= 4 is 29.2 Å². The van der Waals surface area contributed by atoms with Crippen LogP contribution in [0, 0.1) is 0 Å². The van der Waals surface area contributed by atoms with Crippen LogP contribution in [0.5, 0.6) is 0 Å². The van der Waals surface area contributed by atoms with Crippen LogP contribution in [0.15, 0.2) is 60.8 Å². The molecule has 0 saturated carbocycles.